The summed E-state index contributed by atoms with van der Waals surface area (Å²) in [6.07, 6.45) is 2.68. The number of ether oxygens (including phenoxy) is 1. The van der Waals surface area contributed by atoms with Crippen LogP contribution in [0.3, 0.4) is 0 Å². The average molecular weight is 416 g/mol. The van der Waals surface area contributed by atoms with Crippen LogP contribution in [-0.4, -0.2) is 37.5 Å². The Morgan fingerprint density at radius 1 is 1.00 bits per heavy atom. The van der Waals surface area contributed by atoms with Gasteiger partial charge in [0, 0.05) is 13.1 Å². The Balaban J connectivity index is 1.46. The lowest BCUT2D eigenvalue weighted by Gasteiger charge is -2.31. The number of hydrogen-bond acceptors (Lipinski definition) is 4. The van der Waals surface area contributed by atoms with Gasteiger partial charge in [-0.3, -0.25) is 4.79 Å². The molecule has 156 valence electrons. The molecule has 0 bridgehead atoms. The summed E-state index contributed by atoms with van der Waals surface area (Å²) in [5, 5.41) is 0. The molecule has 1 aliphatic heterocycles. The molecule has 6 heteroatoms. The van der Waals surface area contributed by atoms with Crippen molar-refractivity contribution in [3.8, 4) is 0 Å². The van der Waals surface area contributed by atoms with E-state index < -0.39 is 21.9 Å². The molecule has 0 aliphatic carbocycles. The molecule has 1 aliphatic rings. The van der Waals surface area contributed by atoms with Crippen molar-refractivity contribution in [2.24, 2.45) is 11.8 Å². The van der Waals surface area contributed by atoms with Gasteiger partial charge in [-0.15, -0.1) is 0 Å². The van der Waals surface area contributed by atoms with Crippen molar-refractivity contribution in [1.29, 1.82) is 0 Å². The minimum absolute atomic E-state index is 0.162. The third-order valence-electron chi connectivity index (χ3n) is 5.42. The minimum Gasteiger partial charge on any atom is -0.461 e. The largest absolute Gasteiger partial charge is 0.461 e. The van der Waals surface area contributed by atoms with Gasteiger partial charge in [0.25, 0.3) is 0 Å². The Morgan fingerprint density at radius 3 is 2.14 bits per heavy atom. The van der Waals surface area contributed by atoms with Gasteiger partial charge in [0.2, 0.25) is 10.0 Å². The molecule has 1 heterocycles. The molecule has 0 spiro atoms. The van der Waals surface area contributed by atoms with Gasteiger partial charge >= 0.3 is 5.97 Å². The summed E-state index contributed by atoms with van der Waals surface area (Å²) in [4.78, 5) is 12.2. The summed E-state index contributed by atoms with van der Waals surface area (Å²) in [5.41, 5.74) is 2.18. The summed E-state index contributed by atoms with van der Waals surface area (Å²) >= 11 is 0. The van der Waals surface area contributed by atoms with Crippen LogP contribution >= 0.6 is 0 Å². The van der Waals surface area contributed by atoms with Gasteiger partial charge in [0.05, 0.1) is 11.7 Å². The van der Waals surface area contributed by atoms with Crippen molar-refractivity contribution in [2.75, 3.05) is 18.8 Å². The van der Waals surface area contributed by atoms with E-state index in [2.05, 4.69) is 12.1 Å². The summed E-state index contributed by atoms with van der Waals surface area (Å²) < 4.78 is 32.3. The number of nitrogens with zero attached hydrogens (tertiary/aromatic N) is 1. The number of hydrogen-bond donors (Lipinski definition) is 0. The normalized spacial score (nSPS) is 17.0. The Kier molecular flexibility index (Phi) is 7.45. The highest BCUT2D eigenvalue weighted by molar-refractivity contribution is 7.89. The van der Waals surface area contributed by atoms with Gasteiger partial charge in [0.15, 0.2) is 0 Å². The summed E-state index contributed by atoms with van der Waals surface area (Å²) in [7, 11) is -3.47. The maximum absolute atomic E-state index is 12.8. The average Bonchev–Trinajstić information content (AvgIpc) is 2.73. The highest BCUT2D eigenvalue weighted by Crippen LogP contribution is 2.24. The van der Waals surface area contributed by atoms with E-state index in [1.165, 1.54) is 9.87 Å². The monoisotopic (exact) mass is 415 g/mol. The molecule has 29 heavy (non-hydrogen) atoms. The van der Waals surface area contributed by atoms with Crippen molar-refractivity contribution in [3.05, 3.63) is 71.8 Å². The first-order valence-corrected chi connectivity index (χ1v) is 11.8. The molecule has 2 aromatic rings. The molecule has 0 unspecified atom stereocenters. The lowest BCUT2D eigenvalue weighted by molar-refractivity contribution is -0.148. The van der Waals surface area contributed by atoms with E-state index in [4.69, 9.17) is 4.74 Å². The van der Waals surface area contributed by atoms with Gasteiger partial charge in [-0.05, 0) is 36.3 Å². The number of piperidine rings is 1. The van der Waals surface area contributed by atoms with E-state index in [1.54, 1.807) is 6.92 Å². The summed E-state index contributed by atoms with van der Waals surface area (Å²) in [6.45, 7) is 2.82. The first-order chi connectivity index (χ1) is 13.9. The van der Waals surface area contributed by atoms with Crippen LogP contribution in [0.1, 0.15) is 30.9 Å². The molecular weight excluding hydrogens is 386 g/mol. The van der Waals surface area contributed by atoms with Crippen molar-refractivity contribution >= 4 is 16.0 Å². The van der Waals surface area contributed by atoms with Gasteiger partial charge < -0.3 is 4.74 Å². The molecule has 0 aromatic heterocycles. The van der Waals surface area contributed by atoms with Crippen molar-refractivity contribution in [1.82, 2.24) is 4.31 Å². The minimum atomic E-state index is -3.47. The first kappa shape index (κ1) is 21.5. The van der Waals surface area contributed by atoms with Gasteiger partial charge in [-0.1, -0.05) is 67.6 Å². The molecule has 0 radical (unpaired) electrons. The van der Waals surface area contributed by atoms with Crippen molar-refractivity contribution in [2.45, 2.75) is 32.8 Å². The van der Waals surface area contributed by atoms with E-state index in [1.807, 2.05) is 48.5 Å². The van der Waals surface area contributed by atoms with E-state index in [0.717, 1.165) is 24.8 Å². The zero-order valence-corrected chi connectivity index (χ0v) is 17.7. The highest BCUT2D eigenvalue weighted by Gasteiger charge is 2.31. The molecule has 5 nitrogen and oxygen atoms in total. The molecule has 0 saturated carbocycles. The summed E-state index contributed by atoms with van der Waals surface area (Å²) in [6, 6.07) is 19.7. The van der Waals surface area contributed by atoms with Gasteiger partial charge in [-0.25, -0.2) is 12.7 Å². The number of rotatable bonds is 8. The van der Waals surface area contributed by atoms with Crippen LogP contribution < -0.4 is 0 Å². The maximum Gasteiger partial charge on any atom is 0.310 e. The van der Waals surface area contributed by atoms with Crippen LogP contribution in [0.5, 0.6) is 0 Å². The van der Waals surface area contributed by atoms with Crippen LogP contribution in [0, 0.1) is 11.8 Å². The quantitative estimate of drug-likeness (QED) is 0.618. The van der Waals surface area contributed by atoms with Gasteiger partial charge in [-0.2, -0.15) is 0 Å². The smallest absolute Gasteiger partial charge is 0.310 e. The Hall–Kier alpha value is -2.18. The fraction of sp³-hybridized carbons (Fsp3) is 0.435. The molecule has 0 amide bonds. The van der Waals surface area contributed by atoms with E-state index >= 15 is 0 Å². The molecule has 2 aromatic carbocycles. The zero-order valence-electron chi connectivity index (χ0n) is 16.9. The first-order valence-electron chi connectivity index (χ1n) is 10.2. The standard InChI is InChI=1S/C23H29NO4S/c1-19(23(25)28-17-22-10-6-3-7-11-22)18-29(26,27)24-14-12-21(13-15-24)16-20-8-4-2-5-9-20/h2-11,19,21H,12-18H2,1H3/t19-/m0/s1. The second-order valence-corrected chi connectivity index (χ2v) is 9.82. The number of esters is 1. The number of benzene rings is 2. The van der Waals surface area contributed by atoms with E-state index in [-0.39, 0.29) is 12.4 Å². The lowest BCUT2D eigenvalue weighted by atomic mass is 9.91. The van der Waals surface area contributed by atoms with Gasteiger partial charge in [0.1, 0.15) is 6.61 Å². The second-order valence-electron chi connectivity index (χ2n) is 7.81. The lowest BCUT2D eigenvalue weighted by Crippen LogP contribution is -2.42. The third kappa shape index (κ3) is 6.41. The van der Waals surface area contributed by atoms with E-state index in [0.29, 0.717) is 19.0 Å². The predicted molar refractivity (Wildman–Crippen MR) is 114 cm³/mol. The Morgan fingerprint density at radius 2 is 1.55 bits per heavy atom. The van der Waals surface area contributed by atoms with Crippen LogP contribution in [0.25, 0.3) is 0 Å². The molecule has 1 saturated heterocycles. The maximum atomic E-state index is 12.8. The Bertz CT molecular complexity index is 876. The predicted octanol–water partition coefficient (Wildman–Crippen LogP) is 3.65. The van der Waals surface area contributed by atoms with Crippen LogP contribution in [0.2, 0.25) is 0 Å². The third-order valence-corrected chi connectivity index (χ3v) is 7.49. The van der Waals surface area contributed by atoms with Crippen LogP contribution in [-0.2, 0) is 32.6 Å². The number of carbonyl (C=O) groups is 1. The topological polar surface area (TPSA) is 63.7 Å². The van der Waals surface area contributed by atoms with Crippen LogP contribution in [0.4, 0.5) is 0 Å². The number of carbonyl (C=O) groups excluding carboxylic acids is 1. The number of sulfonamides is 1. The molecular formula is C23H29NO4S. The molecule has 1 fully saturated rings. The molecule has 0 N–H and O–H groups in total. The molecule has 1 atom stereocenters. The summed E-state index contributed by atoms with van der Waals surface area (Å²) in [5.74, 6) is -0.872. The fourth-order valence-electron chi connectivity index (χ4n) is 3.70. The fourth-order valence-corrected chi connectivity index (χ4v) is 5.45. The zero-order chi connectivity index (χ0) is 20.7. The van der Waals surface area contributed by atoms with Crippen molar-refractivity contribution < 1.29 is 17.9 Å². The SMILES string of the molecule is C[C@@H](CS(=O)(=O)N1CCC(Cc2ccccc2)CC1)C(=O)OCc1ccccc1. The van der Waals surface area contributed by atoms with Crippen molar-refractivity contribution in [3.63, 3.8) is 0 Å². The highest BCUT2D eigenvalue weighted by atomic mass is 32.2. The second kappa shape index (κ2) is 10.0. The van der Waals surface area contributed by atoms with E-state index in [9.17, 15) is 13.2 Å². The molecule has 3 rings (SSSR count). The van der Waals surface area contributed by atoms with Crippen LogP contribution in [0.15, 0.2) is 60.7 Å². The Labute approximate surface area is 173 Å².